The van der Waals surface area contributed by atoms with Gasteiger partial charge in [0.25, 0.3) is 0 Å². The van der Waals surface area contributed by atoms with Crippen molar-refractivity contribution < 1.29 is 13.5 Å². The van der Waals surface area contributed by atoms with Gasteiger partial charge in [-0.3, -0.25) is 0 Å². The second kappa shape index (κ2) is 7.77. The van der Waals surface area contributed by atoms with Crippen molar-refractivity contribution in [3.05, 3.63) is 77.9 Å². The molecule has 0 aliphatic heterocycles. The molecule has 0 heterocycles. The van der Waals surface area contributed by atoms with Crippen LogP contribution in [-0.2, 0) is 16.3 Å². The summed E-state index contributed by atoms with van der Waals surface area (Å²) in [4.78, 5) is 0. The number of sulfone groups is 1. The molecule has 0 aliphatic rings. The van der Waals surface area contributed by atoms with E-state index in [2.05, 4.69) is 0 Å². The lowest BCUT2D eigenvalue weighted by Gasteiger charge is -2.38. The molecule has 0 fully saturated rings. The van der Waals surface area contributed by atoms with Gasteiger partial charge in [-0.2, -0.15) is 0 Å². The zero-order valence-electron chi connectivity index (χ0n) is 15.9. The van der Waals surface area contributed by atoms with Crippen molar-refractivity contribution in [3.8, 4) is 0 Å². The Hall–Kier alpha value is -1.91. The highest BCUT2D eigenvalue weighted by Crippen LogP contribution is 2.35. The quantitative estimate of drug-likeness (QED) is 0.824. The molecule has 140 valence electrons. The minimum Gasteiger partial charge on any atom is -0.387 e. The predicted octanol–water partition coefficient (Wildman–Crippen LogP) is 4.28. The first-order chi connectivity index (χ1) is 12.1. The first kappa shape index (κ1) is 20.4. The van der Waals surface area contributed by atoms with Crippen LogP contribution in [0.3, 0.4) is 0 Å². The number of rotatable bonds is 6. The van der Waals surface area contributed by atoms with Crippen LogP contribution in [0, 0.1) is 0 Å². The average molecular weight is 373 g/mol. The van der Waals surface area contributed by atoms with Crippen molar-refractivity contribution in [3.63, 3.8) is 0 Å². The predicted molar refractivity (Wildman–Crippen MR) is 109 cm³/mol. The largest absolute Gasteiger partial charge is 0.387 e. The zero-order valence-corrected chi connectivity index (χ0v) is 16.7. The van der Waals surface area contributed by atoms with E-state index in [1.165, 1.54) is 0 Å². The molecular formula is C22H28O3S. The lowest BCUT2D eigenvalue weighted by atomic mass is 9.94. The third kappa shape index (κ3) is 4.25. The SMILES string of the molecule is CC(C)(C)S(=O)(=O)[C@@](C)(Cc1ccccc1)[C@H](O)/C=C/c1ccccc1. The Labute approximate surface area is 157 Å². The van der Waals surface area contributed by atoms with Gasteiger partial charge in [0.05, 0.1) is 10.9 Å². The Balaban J connectivity index is 2.44. The molecule has 0 saturated carbocycles. The second-order valence-corrected chi connectivity index (χ2v) is 11.0. The van der Waals surface area contributed by atoms with Gasteiger partial charge < -0.3 is 5.11 Å². The van der Waals surface area contributed by atoms with Gasteiger partial charge >= 0.3 is 0 Å². The van der Waals surface area contributed by atoms with Gasteiger partial charge in [0.2, 0.25) is 0 Å². The third-order valence-electron chi connectivity index (χ3n) is 4.71. The number of aliphatic hydroxyl groups is 1. The summed E-state index contributed by atoms with van der Waals surface area (Å²) in [5.74, 6) is 0. The van der Waals surface area contributed by atoms with E-state index in [1.807, 2.05) is 60.7 Å². The monoisotopic (exact) mass is 372 g/mol. The van der Waals surface area contributed by atoms with E-state index in [4.69, 9.17) is 0 Å². The van der Waals surface area contributed by atoms with Crippen molar-refractivity contribution in [2.45, 2.75) is 49.7 Å². The van der Waals surface area contributed by atoms with Gasteiger partial charge in [-0.1, -0.05) is 72.8 Å². The van der Waals surface area contributed by atoms with Gasteiger partial charge in [0.1, 0.15) is 4.75 Å². The molecule has 2 rings (SSSR count). The first-order valence-corrected chi connectivity index (χ1v) is 10.3. The van der Waals surface area contributed by atoms with Gasteiger partial charge in [-0.25, -0.2) is 8.42 Å². The van der Waals surface area contributed by atoms with Gasteiger partial charge in [0, 0.05) is 0 Å². The molecule has 3 nitrogen and oxygen atoms in total. The van der Waals surface area contributed by atoms with Crippen LogP contribution in [0.5, 0.6) is 0 Å². The highest BCUT2D eigenvalue weighted by molar-refractivity contribution is 7.94. The molecule has 0 radical (unpaired) electrons. The normalized spacial score (nSPS) is 16.3. The second-order valence-electron chi connectivity index (χ2n) is 7.81. The molecule has 4 heteroatoms. The molecule has 0 aromatic heterocycles. The van der Waals surface area contributed by atoms with E-state index in [1.54, 1.807) is 39.8 Å². The smallest absolute Gasteiger partial charge is 0.163 e. The molecule has 0 amide bonds. The maximum Gasteiger partial charge on any atom is 0.163 e. The van der Waals surface area contributed by atoms with E-state index in [-0.39, 0.29) is 6.42 Å². The number of aliphatic hydroxyl groups excluding tert-OH is 1. The Morgan fingerprint density at radius 1 is 0.923 bits per heavy atom. The van der Waals surface area contributed by atoms with Crippen LogP contribution in [0.4, 0.5) is 0 Å². The van der Waals surface area contributed by atoms with Crippen LogP contribution >= 0.6 is 0 Å². The Morgan fingerprint density at radius 3 is 1.92 bits per heavy atom. The van der Waals surface area contributed by atoms with Crippen LogP contribution in [0.15, 0.2) is 66.7 Å². The Kier molecular flexibility index (Phi) is 6.09. The minimum atomic E-state index is -3.64. The molecule has 0 spiro atoms. The average Bonchev–Trinajstić information content (AvgIpc) is 2.60. The van der Waals surface area contributed by atoms with Crippen LogP contribution in [0.25, 0.3) is 6.08 Å². The number of hydrogen-bond acceptors (Lipinski definition) is 3. The zero-order chi connectivity index (χ0) is 19.4. The fourth-order valence-corrected chi connectivity index (χ4v) is 5.18. The van der Waals surface area contributed by atoms with Crippen molar-refractivity contribution in [1.82, 2.24) is 0 Å². The van der Waals surface area contributed by atoms with Gasteiger partial charge in [0.15, 0.2) is 9.84 Å². The molecule has 0 unspecified atom stereocenters. The highest BCUT2D eigenvalue weighted by Gasteiger charge is 2.50. The standard InChI is InChI=1S/C22H28O3S/c1-21(2,3)26(24,25)22(4,17-19-13-9-6-10-14-19)20(23)16-15-18-11-7-5-8-12-18/h5-16,20,23H,17H2,1-4H3/b16-15+/t20-,22+/m1/s1. The van der Waals surface area contributed by atoms with Crippen LogP contribution in [0.2, 0.25) is 0 Å². The van der Waals surface area contributed by atoms with E-state index < -0.39 is 25.4 Å². The summed E-state index contributed by atoms with van der Waals surface area (Å²) in [6.07, 6.45) is 2.47. The topological polar surface area (TPSA) is 54.4 Å². The van der Waals surface area contributed by atoms with E-state index in [0.29, 0.717) is 0 Å². The molecule has 2 atom stereocenters. The van der Waals surface area contributed by atoms with Crippen molar-refractivity contribution in [2.75, 3.05) is 0 Å². The van der Waals surface area contributed by atoms with Gasteiger partial charge in [-0.15, -0.1) is 0 Å². The molecule has 0 aliphatic carbocycles. The molecule has 0 saturated heterocycles. The molecule has 0 bridgehead atoms. The number of benzene rings is 2. The molecule has 2 aromatic rings. The van der Waals surface area contributed by atoms with E-state index >= 15 is 0 Å². The fourth-order valence-electron chi connectivity index (χ4n) is 3.03. The third-order valence-corrected chi connectivity index (χ3v) is 7.94. The summed E-state index contributed by atoms with van der Waals surface area (Å²) in [6.45, 7) is 6.68. The van der Waals surface area contributed by atoms with E-state index in [0.717, 1.165) is 11.1 Å². The summed E-state index contributed by atoms with van der Waals surface area (Å²) in [6, 6.07) is 19.0. The first-order valence-electron chi connectivity index (χ1n) is 8.77. The van der Waals surface area contributed by atoms with Crippen LogP contribution in [-0.4, -0.2) is 29.1 Å². The lowest BCUT2D eigenvalue weighted by Crippen LogP contribution is -2.54. The molecule has 26 heavy (non-hydrogen) atoms. The van der Waals surface area contributed by atoms with Gasteiger partial charge in [-0.05, 0) is 45.2 Å². The Morgan fingerprint density at radius 2 is 1.42 bits per heavy atom. The summed E-state index contributed by atoms with van der Waals surface area (Å²) in [5.41, 5.74) is 1.80. The number of hydrogen-bond donors (Lipinski definition) is 1. The maximum atomic E-state index is 13.3. The highest BCUT2D eigenvalue weighted by atomic mass is 32.2. The van der Waals surface area contributed by atoms with Crippen LogP contribution < -0.4 is 0 Å². The molecular weight excluding hydrogens is 344 g/mol. The van der Waals surface area contributed by atoms with Crippen molar-refractivity contribution in [1.29, 1.82) is 0 Å². The lowest BCUT2D eigenvalue weighted by molar-refractivity contribution is 0.174. The van der Waals surface area contributed by atoms with E-state index in [9.17, 15) is 13.5 Å². The molecule has 1 N–H and O–H groups in total. The maximum absolute atomic E-state index is 13.3. The van der Waals surface area contributed by atoms with Crippen molar-refractivity contribution >= 4 is 15.9 Å². The summed E-state index contributed by atoms with van der Waals surface area (Å²) >= 11 is 0. The fraction of sp³-hybridized carbons (Fsp3) is 0.364. The summed E-state index contributed by atoms with van der Waals surface area (Å²) in [7, 11) is -3.64. The van der Waals surface area contributed by atoms with Crippen LogP contribution in [0.1, 0.15) is 38.8 Å². The van der Waals surface area contributed by atoms with Crippen molar-refractivity contribution in [2.24, 2.45) is 0 Å². The summed E-state index contributed by atoms with van der Waals surface area (Å²) < 4.78 is 24.4. The Bertz CT molecular complexity index is 834. The molecule has 2 aromatic carbocycles. The minimum absolute atomic E-state index is 0.244. The summed E-state index contributed by atoms with van der Waals surface area (Å²) in [5, 5.41) is 10.9.